The molecule has 0 atom stereocenters. The largest absolute Gasteiger partial charge is 0.342 e. The van der Waals surface area contributed by atoms with Crippen molar-refractivity contribution in [3.8, 4) is 11.4 Å². The molecule has 0 saturated carbocycles. The van der Waals surface area contributed by atoms with Gasteiger partial charge in [0, 0.05) is 37.2 Å². The van der Waals surface area contributed by atoms with Crippen LogP contribution < -0.4 is 5.32 Å². The van der Waals surface area contributed by atoms with Gasteiger partial charge in [0.2, 0.25) is 11.8 Å². The Morgan fingerprint density at radius 3 is 3.00 bits per heavy atom. The molecule has 1 aromatic carbocycles. The first-order valence-electron chi connectivity index (χ1n) is 7.69. The summed E-state index contributed by atoms with van der Waals surface area (Å²) in [6.45, 7) is 3.07. The maximum Gasteiger partial charge on any atom is 0.226 e. The number of amides is 2. The predicted octanol–water partition coefficient (Wildman–Crippen LogP) is 1.73. The Morgan fingerprint density at radius 2 is 2.30 bits per heavy atom. The number of benzene rings is 1. The number of aromatic amines is 1. The molecule has 0 aliphatic carbocycles. The van der Waals surface area contributed by atoms with Crippen LogP contribution in [0.25, 0.3) is 11.4 Å². The number of carbonyl (C=O) groups is 2. The topological polar surface area (TPSA) is 91.0 Å². The molecule has 0 bridgehead atoms. The summed E-state index contributed by atoms with van der Waals surface area (Å²) in [6.07, 6.45) is 1.79. The van der Waals surface area contributed by atoms with Gasteiger partial charge in [-0.25, -0.2) is 4.98 Å². The van der Waals surface area contributed by atoms with Crippen LogP contribution in [0.3, 0.4) is 0 Å². The summed E-state index contributed by atoms with van der Waals surface area (Å²) in [6, 6.07) is 7.39. The molecule has 1 aromatic heterocycles. The quantitative estimate of drug-likeness (QED) is 0.879. The highest BCUT2D eigenvalue weighted by atomic mass is 16.2. The zero-order chi connectivity index (χ0) is 16.2. The third-order valence-corrected chi connectivity index (χ3v) is 3.78. The van der Waals surface area contributed by atoms with E-state index in [1.807, 2.05) is 31.2 Å². The molecule has 1 aliphatic heterocycles. The molecular weight excluding hydrogens is 294 g/mol. The number of anilines is 1. The summed E-state index contributed by atoms with van der Waals surface area (Å²) in [5.74, 6) is 1.37. The first kappa shape index (κ1) is 15.2. The van der Waals surface area contributed by atoms with Crippen molar-refractivity contribution in [2.75, 3.05) is 18.4 Å². The molecule has 2 heterocycles. The van der Waals surface area contributed by atoms with E-state index in [9.17, 15) is 9.59 Å². The van der Waals surface area contributed by atoms with E-state index in [1.54, 1.807) is 4.90 Å². The minimum absolute atomic E-state index is 0.104. The normalized spacial score (nSPS) is 14.3. The molecule has 1 fully saturated rings. The van der Waals surface area contributed by atoms with Crippen molar-refractivity contribution in [3.05, 3.63) is 30.1 Å². The Hall–Kier alpha value is -2.70. The number of carbonyl (C=O) groups excluding carboxylic acids is 2. The molecule has 7 heteroatoms. The highest BCUT2D eigenvalue weighted by Gasteiger charge is 2.20. The van der Waals surface area contributed by atoms with E-state index in [4.69, 9.17) is 0 Å². The van der Waals surface area contributed by atoms with Crippen LogP contribution in [0, 0.1) is 6.92 Å². The molecule has 0 radical (unpaired) electrons. The van der Waals surface area contributed by atoms with Crippen molar-refractivity contribution in [2.24, 2.45) is 0 Å². The highest BCUT2D eigenvalue weighted by Crippen LogP contribution is 2.19. The van der Waals surface area contributed by atoms with Gasteiger partial charge in [-0.15, -0.1) is 0 Å². The number of aryl methyl sites for hydroxylation is 1. The molecule has 2 aromatic rings. The molecule has 23 heavy (non-hydrogen) atoms. The second kappa shape index (κ2) is 6.60. The maximum absolute atomic E-state index is 12.0. The van der Waals surface area contributed by atoms with Gasteiger partial charge in [0.05, 0.1) is 0 Å². The minimum atomic E-state index is -0.104. The van der Waals surface area contributed by atoms with E-state index >= 15 is 0 Å². The number of nitrogens with zero attached hydrogens (tertiary/aromatic N) is 3. The van der Waals surface area contributed by atoms with Gasteiger partial charge in [-0.2, -0.15) is 5.10 Å². The van der Waals surface area contributed by atoms with Gasteiger partial charge in [0.25, 0.3) is 0 Å². The third-order valence-electron chi connectivity index (χ3n) is 3.78. The van der Waals surface area contributed by atoms with Crippen molar-refractivity contribution in [1.29, 1.82) is 0 Å². The maximum atomic E-state index is 12.0. The van der Waals surface area contributed by atoms with Gasteiger partial charge in [-0.1, -0.05) is 12.1 Å². The van der Waals surface area contributed by atoms with E-state index in [0.29, 0.717) is 30.9 Å². The SMILES string of the molecule is Cc1nc(-c2cccc(NC(=O)CCN3CCCC3=O)c2)n[nH]1. The molecule has 120 valence electrons. The zero-order valence-electron chi connectivity index (χ0n) is 13.0. The van der Waals surface area contributed by atoms with Crippen molar-refractivity contribution in [3.63, 3.8) is 0 Å². The van der Waals surface area contributed by atoms with Crippen molar-refractivity contribution in [1.82, 2.24) is 20.1 Å². The fourth-order valence-corrected chi connectivity index (χ4v) is 2.61. The van der Waals surface area contributed by atoms with E-state index in [2.05, 4.69) is 20.5 Å². The summed E-state index contributed by atoms with van der Waals surface area (Å²) in [5.41, 5.74) is 1.53. The van der Waals surface area contributed by atoms with Gasteiger partial charge < -0.3 is 10.2 Å². The second-order valence-electron chi connectivity index (χ2n) is 5.61. The standard InChI is InChI=1S/C16H19N5O2/c1-11-17-16(20-19-11)12-4-2-5-13(10-12)18-14(22)7-9-21-8-3-6-15(21)23/h2,4-5,10H,3,6-9H2,1H3,(H,18,22)(H,17,19,20). The number of nitrogens with one attached hydrogen (secondary N) is 2. The fraction of sp³-hybridized carbons (Fsp3) is 0.375. The summed E-state index contributed by atoms with van der Waals surface area (Å²) >= 11 is 0. The summed E-state index contributed by atoms with van der Waals surface area (Å²) in [4.78, 5) is 29.6. The number of hydrogen-bond acceptors (Lipinski definition) is 4. The zero-order valence-corrected chi connectivity index (χ0v) is 13.0. The second-order valence-corrected chi connectivity index (χ2v) is 5.61. The fourth-order valence-electron chi connectivity index (χ4n) is 2.61. The first-order valence-corrected chi connectivity index (χ1v) is 7.69. The average molecular weight is 313 g/mol. The van der Waals surface area contributed by atoms with Gasteiger partial charge in [0.15, 0.2) is 5.82 Å². The van der Waals surface area contributed by atoms with E-state index < -0.39 is 0 Å². The minimum Gasteiger partial charge on any atom is -0.342 e. The van der Waals surface area contributed by atoms with Crippen LogP contribution in [0.1, 0.15) is 25.1 Å². The number of hydrogen-bond donors (Lipinski definition) is 2. The molecule has 2 amide bonds. The average Bonchev–Trinajstić information content (AvgIpc) is 3.14. The summed E-state index contributed by atoms with van der Waals surface area (Å²) < 4.78 is 0. The van der Waals surface area contributed by atoms with Gasteiger partial charge in [-0.05, 0) is 25.5 Å². The lowest BCUT2D eigenvalue weighted by atomic mass is 10.2. The third kappa shape index (κ3) is 3.74. The van der Waals surface area contributed by atoms with Crippen LogP contribution >= 0.6 is 0 Å². The lowest BCUT2D eigenvalue weighted by Crippen LogP contribution is -2.28. The number of likely N-dealkylation sites (tertiary alicyclic amines) is 1. The Bertz CT molecular complexity index is 725. The van der Waals surface area contributed by atoms with Crippen LogP contribution in [0.4, 0.5) is 5.69 Å². The number of rotatable bonds is 5. The number of H-pyrrole nitrogens is 1. The lowest BCUT2D eigenvalue weighted by molar-refractivity contribution is -0.128. The molecular formula is C16H19N5O2. The highest BCUT2D eigenvalue weighted by molar-refractivity contribution is 5.91. The van der Waals surface area contributed by atoms with Crippen molar-refractivity contribution < 1.29 is 9.59 Å². The Kier molecular flexibility index (Phi) is 4.36. The smallest absolute Gasteiger partial charge is 0.226 e. The Labute approximate surface area is 134 Å². The van der Waals surface area contributed by atoms with Crippen LogP contribution in [-0.4, -0.2) is 45.0 Å². The molecule has 1 aliphatic rings. The molecule has 3 rings (SSSR count). The van der Waals surface area contributed by atoms with Crippen LogP contribution in [0.5, 0.6) is 0 Å². The molecule has 0 unspecified atom stereocenters. The van der Waals surface area contributed by atoms with Gasteiger partial charge in [-0.3, -0.25) is 14.7 Å². The Morgan fingerprint density at radius 1 is 1.43 bits per heavy atom. The van der Waals surface area contributed by atoms with Gasteiger partial charge in [0.1, 0.15) is 5.82 Å². The molecule has 1 saturated heterocycles. The monoisotopic (exact) mass is 313 g/mol. The van der Waals surface area contributed by atoms with Crippen molar-refractivity contribution >= 4 is 17.5 Å². The molecule has 2 N–H and O–H groups in total. The first-order chi connectivity index (χ1) is 11.1. The molecule has 0 spiro atoms. The summed E-state index contributed by atoms with van der Waals surface area (Å²) in [7, 11) is 0. The van der Waals surface area contributed by atoms with E-state index in [-0.39, 0.29) is 11.8 Å². The van der Waals surface area contributed by atoms with E-state index in [0.717, 1.165) is 24.4 Å². The van der Waals surface area contributed by atoms with Crippen molar-refractivity contribution in [2.45, 2.75) is 26.2 Å². The van der Waals surface area contributed by atoms with Crippen LogP contribution in [0.15, 0.2) is 24.3 Å². The number of aromatic nitrogens is 3. The Balaban J connectivity index is 1.59. The van der Waals surface area contributed by atoms with Gasteiger partial charge >= 0.3 is 0 Å². The van der Waals surface area contributed by atoms with Crippen LogP contribution in [0.2, 0.25) is 0 Å². The molecule has 7 nitrogen and oxygen atoms in total. The predicted molar refractivity (Wildman–Crippen MR) is 85.6 cm³/mol. The lowest BCUT2D eigenvalue weighted by Gasteiger charge is -2.15. The van der Waals surface area contributed by atoms with Crippen LogP contribution in [-0.2, 0) is 9.59 Å². The van der Waals surface area contributed by atoms with E-state index in [1.165, 1.54) is 0 Å². The summed E-state index contributed by atoms with van der Waals surface area (Å²) in [5, 5.41) is 9.76.